The summed E-state index contributed by atoms with van der Waals surface area (Å²) in [7, 11) is 0. The molecule has 0 aliphatic rings. The molecule has 1 aromatic rings. The minimum absolute atomic E-state index is 0.142. The van der Waals surface area contributed by atoms with Crippen LogP contribution in [0.4, 0.5) is 0 Å². The minimum atomic E-state index is 0.142. The Morgan fingerprint density at radius 3 is 2.45 bits per heavy atom. The lowest BCUT2D eigenvalue weighted by Gasteiger charge is -2.26. The monoisotopic (exact) mass is 277 g/mol. The van der Waals surface area contributed by atoms with Gasteiger partial charge in [0.25, 0.3) is 0 Å². The lowest BCUT2D eigenvalue weighted by molar-refractivity contribution is 0.175. The van der Waals surface area contributed by atoms with Crippen molar-refractivity contribution in [2.24, 2.45) is 11.3 Å². The zero-order chi connectivity index (χ0) is 15.2. The van der Waals surface area contributed by atoms with Crippen molar-refractivity contribution >= 4 is 0 Å². The van der Waals surface area contributed by atoms with Crippen molar-refractivity contribution in [1.82, 2.24) is 5.32 Å². The first-order valence-electron chi connectivity index (χ1n) is 7.73. The summed E-state index contributed by atoms with van der Waals surface area (Å²) in [6, 6.07) is 8.44. The molecule has 0 amide bonds. The maximum absolute atomic E-state index is 5.98. The normalized spacial score (nSPS) is 12.2. The molecule has 1 N–H and O–H groups in total. The highest BCUT2D eigenvalue weighted by Gasteiger charge is 2.18. The zero-order valence-corrected chi connectivity index (χ0v) is 14.0. The summed E-state index contributed by atoms with van der Waals surface area (Å²) in [4.78, 5) is 0. The first-order valence-corrected chi connectivity index (χ1v) is 7.73. The van der Waals surface area contributed by atoms with Gasteiger partial charge < -0.3 is 10.1 Å². The summed E-state index contributed by atoms with van der Waals surface area (Å²) in [5.74, 6) is 2.21. The van der Waals surface area contributed by atoms with Crippen LogP contribution >= 0.6 is 0 Å². The maximum atomic E-state index is 5.98. The summed E-state index contributed by atoms with van der Waals surface area (Å²) < 4.78 is 5.98. The molecule has 0 spiro atoms. The van der Waals surface area contributed by atoms with Crippen LogP contribution in [0.25, 0.3) is 0 Å². The van der Waals surface area contributed by atoms with Crippen molar-refractivity contribution in [3.05, 3.63) is 29.8 Å². The maximum Gasteiger partial charge on any atom is 0.119 e. The van der Waals surface area contributed by atoms with Gasteiger partial charge in [-0.25, -0.2) is 0 Å². The molecule has 0 heterocycles. The molecule has 0 saturated heterocycles. The first kappa shape index (κ1) is 17.0. The molecule has 0 aliphatic carbocycles. The summed E-state index contributed by atoms with van der Waals surface area (Å²) >= 11 is 0. The molecule has 0 bridgehead atoms. The van der Waals surface area contributed by atoms with Crippen LogP contribution in [0.5, 0.6) is 5.75 Å². The molecule has 0 atom stereocenters. The molecule has 1 aromatic carbocycles. The van der Waals surface area contributed by atoms with E-state index >= 15 is 0 Å². The molecule has 1 rings (SSSR count). The van der Waals surface area contributed by atoms with Gasteiger partial charge in [0, 0.05) is 12.0 Å². The van der Waals surface area contributed by atoms with E-state index in [0.717, 1.165) is 25.4 Å². The topological polar surface area (TPSA) is 21.3 Å². The molecule has 0 fully saturated rings. The molecule has 114 valence electrons. The van der Waals surface area contributed by atoms with Gasteiger partial charge >= 0.3 is 0 Å². The van der Waals surface area contributed by atoms with Crippen molar-refractivity contribution in [2.75, 3.05) is 19.7 Å². The molecule has 0 aliphatic heterocycles. The lowest BCUT2D eigenvalue weighted by atomic mass is 9.94. The van der Waals surface area contributed by atoms with Gasteiger partial charge in [0.1, 0.15) is 5.75 Å². The summed E-state index contributed by atoms with van der Waals surface area (Å²) in [5, 5.41) is 3.51. The van der Waals surface area contributed by atoms with E-state index in [1.54, 1.807) is 0 Å². The second-order valence-electron chi connectivity index (χ2n) is 7.20. The Bertz CT molecular complexity index is 396. The predicted molar refractivity (Wildman–Crippen MR) is 87.5 cm³/mol. The molecule has 2 nitrogen and oxygen atoms in total. The fourth-order valence-corrected chi connectivity index (χ4v) is 1.99. The van der Waals surface area contributed by atoms with E-state index in [1.807, 2.05) is 6.07 Å². The van der Waals surface area contributed by atoms with Gasteiger partial charge in [-0.2, -0.15) is 0 Å². The Morgan fingerprint density at radius 2 is 1.85 bits per heavy atom. The van der Waals surface area contributed by atoms with Gasteiger partial charge in [-0.1, -0.05) is 53.7 Å². The number of hydrogen-bond donors (Lipinski definition) is 1. The third kappa shape index (κ3) is 6.42. The zero-order valence-electron chi connectivity index (χ0n) is 14.0. The summed E-state index contributed by atoms with van der Waals surface area (Å²) in [5.41, 5.74) is 1.47. The molecule has 0 unspecified atom stereocenters. The van der Waals surface area contributed by atoms with E-state index in [9.17, 15) is 0 Å². The standard InChI is InChI=1S/C18H31NO/c1-14(2)11-19-12-18(5,6)13-20-17-9-7-8-16(10-17)15(3)4/h7-10,14-15,19H,11-13H2,1-6H3. The smallest absolute Gasteiger partial charge is 0.119 e. The summed E-state index contributed by atoms with van der Waals surface area (Å²) in [6.45, 7) is 16.1. The average molecular weight is 277 g/mol. The first-order chi connectivity index (χ1) is 9.30. The molecule has 0 saturated carbocycles. The van der Waals surface area contributed by atoms with Gasteiger partial charge in [-0.05, 0) is 36.1 Å². The van der Waals surface area contributed by atoms with Gasteiger partial charge in [0.15, 0.2) is 0 Å². The van der Waals surface area contributed by atoms with Crippen molar-refractivity contribution in [3.8, 4) is 5.75 Å². The second-order valence-corrected chi connectivity index (χ2v) is 7.20. The van der Waals surface area contributed by atoms with Crippen molar-refractivity contribution in [1.29, 1.82) is 0 Å². The van der Waals surface area contributed by atoms with Crippen LogP contribution in [0.1, 0.15) is 53.0 Å². The van der Waals surface area contributed by atoms with Gasteiger partial charge in [-0.15, -0.1) is 0 Å². The van der Waals surface area contributed by atoms with Crippen LogP contribution in [-0.4, -0.2) is 19.7 Å². The Hall–Kier alpha value is -1.02. The second kappa shape index (κ2) is 7.68. The third-order valence-electron chi connectivity index (χ3n) is 3.31. The third-order valence-corrected chi connectivity index (χ3v) is 3.31. The number of rotatable bonds is 8. The Labute approximate surface area is 124 Å². The van der Waals surface area contributed by atoms with E-state index in [4.69, 9.17) is 4.74 Å². The quantitative estimate of drug-likeness (QED) is 0.757. The lowest BCUT2D eigenvalue weighted by Crippen LogP contribution is -2.35. The van der Waals surface area contributed by atoms with Crippen LogP contribution in [0.15, 0.2) is 24.3 Å². The Morgan fingerprint density at radius 1 is 1.15 bits per heavy atom. The van der Waals surface area contributed by atoms with E-state index in [2.05, 4.69) is 65.1 Å². The highest BCUT2D eigenvalue weighted by molar-refractivity contribution is 5.30. The number of benzene rings is 1. The SMILES string of the molecule is CC(C)CNCC(C)(C)COc1cccc(C(C)C)c1. The van der Waals surface area contributed by atoms with Crippen LogP contribution in [0.3, 0.4) is 0 Å². The van der Waals surface area contributed by atoms with Crippen molar-refractivity contribution < 1.29 is 4.74 Å². The minimum Gasteiger partial charge on any atom is -0.493 e. The largest absolute Gasteiger partial charge is 0.493 e. The Kier molecular flexibility index (Phi) is 6.54. The fourth-order valence-electron chi connectivity index (χ4n) is 1.99. The molecular weight excluding hydrogens is 246 g/mol. The van der Waals surface area contributed by atoms with Crippen LogP contribution in [-0.2, 0) is 0 Å². The number of nitrogens with one attached hydrogen (secondary N) is 1. The van der Waals surface area contributed by atoms with Gasteiger partial charge in [0.05, 0.1) is 6.61 Å². The molecule has 2 heteroatoms. The number of hydrogen-bond acceptors (Lipinski definition) is 2. The summed E-state index contributed by atoms with van der Waals surface area (Å²) in [6.07, 6.45) is 0. The predicted octanol–water partition coefficient (Wildman–Crippen LogP) is 4.46. The fraction of sp³-hybridized carbons (Fsp3) is 0.667. The Balaban J connectivity index is 2.46. The van der Waals surface area contributed by atoms with Crippen LogP contribution in [0.2, 0.25) is 0 Å². The number of ether oxygens (including phenoxy) is 1. The van der Waals surface area contributed by atoms with E-state index in [0.29, 0.717) is 11.8 Å². The average Bonchev–Trinajstić information content (AvgIpc) is 2.36. The molecule has 20 heavy (non-hydrogen) atoms. The van der Waals surface area contributed by atoms with Crippen molar-refractivity contribution in [2.45, 2.75) is 47.5 Å². The molecule has 0 radical (unpaired) electrons. The molecule has 0 aromatic heterocycles. The van der Waals surface area contributed by atoms with Gasteiger partial charge in [-0.3, -0.25) is 0 Å². The van der Waals surface area contributed by atoms with Gasteiger partial charge in [0.2, 0.25) is 0 Å². The molecular formula is C18H31NO. The van der Waals surface area contributed by atoms with E-state index < -0.39 is 0 Å². The van der Waals surface area contributed by atoms with E-state index in [-0.39, 0.29) is 5.41 Å². The van der Waals surface area contributed by atoms with Crippen molar-refractivity contribution in [3.63, 3.8) is 0 Å². The highest BCUT2D eigenvalue weighted by Crippen LogP contribution is 2.22. The van der Waals surface area contributed by atoms with Crippen LogP contribution in [0, 0.1) is 11.3 Å². The van der Waals surface area contributed by atoms with Crippen LogP contribution < -0.4 is 10.1 Å². The van der Waals surface area contributed by atoms with E-state index in [1.165, 1.54) is 5.56 Å². The highest BCUT2D eigenvalue weighted by atomic mass is 16.5.